The number of ether oxygens (including phenoxy) is 1. The predicted molar refractivity (Wildman–Crippen MR) is 100.0 cm³/mol. The summed E-state index contributed by atoms with van der Waals surface area (Å²) in [6, 6.07) is 14.0. The van der Waals surface area contributed by atoms with Crippen LogP contribution in [0.25, 0.3) is 10.8 Å². The van der Waals surface area contributed by atoms with Crippen LogP contribution in [0.2, 0.25) is 0 Å². The van der Waals surface area contributed by atoms with Crippen LogP contribution in [0.3, 0.4) is 0 Å². The molecule has 2 aromatic rings. The number of hydrogen-bond donors (Lipinski definition) is 2. The minimum absolute atomic E-state index is 0.106. The van der Waals surface area contributed by atoms with Crippen LogP contribution in [-0.4, -0.2) is 36.2 Å². The molecule has 2 N–H and O–H groups in total. The summed E-state index contributed by atoms with van der Waals surface area (Å²) in [5.41, 5.74) is 0.963. The quantitative estimate of drug-likeness (QED) is 0.763. The molecule has 138 valence electrons. The van der Waals surface area contributed by atoms with Gasteiger partial charge in [-0.3, -0.25) is 9.59 Å². The molecule has 0 spiro atoms. The third-order valence-corrected chi connectivity index (χ3v) is 4.91. The lowest BCUT2D eigenvalue weighted by Gasteiger charge is -2.15. The van der Waals surface area contributed by atoms with Gasteiger partial charge in [-0.05, 0) is 42.0 Å². The second-order valence-electron chi connectivity index (χ2n) is 6.90. The Kier molecular flexibility index (Phi) is 6.23. The van der Waals surface area contributed by atoms with E-state index < -0.39 is 11.9 Å². The average molecular weight is 355 g/mol. The predicted octanol–water partition coefficient (Wildman–Crippen LogP) is 3.16. The second-order valence-corrected chi connectivity index (χ2v) is 6.90. The van der Waals surface area contributed by atoms with Crippen molar-refractivity contribution in [1.29, 1.82) is 0 Å². The summed E-state index contributed by atoms with van der Waals surface area (Å²) in [5, 5.41) is 14.5. The van der Waals surface area contributed by atoms with Gasteiger partial charge in [-0.2, -0.15) is 0 Å². The normalized spacial score (nSPS) is 17.9. The van der Waals surface area contributed by atoms with Crippen LogP contribution in [0.5, 0.6) is 0 Å². The van der Waals surface area contributed by atoms with Crippen LogP contribution in [0.15, 0.2) is 42.5 Å². The molecule has 5 heteroatoms. The van der Waals surface area contributed by atoms with E-state index in [1.807, 2.05) is 42.5 Å². The number of nitrogens with one attached hydrogen (secondary N) is 1. The number of aliphatic carboxylic acids is 1. The van der Waals surface area contributed by atoms with E-state index in [0.717, 1.165) is 35.8 Å². The first-order valence-corrected chi connectivity index (χ1v) is 9.20. The van der Waals surface area contributed by atoms with E-state index in [2.05, 4.69) is 5.32 Å². The molecule has 2 unspecified atom stereocenters. The smallest absolute Gasteiger partial charge is 0.308 e. The zero-order chi connectivity index (χ0) is 18.4. The molecule has 0 aliphatic carbocycles. The number of fused-ring (bicyclic) bond motifs is 1. The first-order chi connectivity index (χ1) is 12.6. The van der Waals surface area contributed by atoms with Crippen molar-refractivity contribution in [3.63, 3.8) is 0 Å². The fraction of sp³-hybridized carbons (Fsp3) is 0.429. The van der Waals surface area contributed by atoms with Crippen molar-refractivity contribution in [2.75, 3.05) is 13.2 Å². The Morgan fingerprint density at radius 3 is 2.73 bits per heavy atom. The Morgan fingerprint density at radius 1 is 1.19 bits per heavy atom. The molecule has 1 aliphatic rings. The molecule has 2 atom stereocenters. The van der Waals surface area contributed by atoms with E-state index in [1.54, 1.807) is 0 Å². The number of rotatable bonds is 8. The van der Waals surface area contributed by atoms with Gasteiger partial charge in [0.15, 0.2) is 0 Å². The van der Waals surface area contributed by atoms with Crippen molar-refractivity contribution in [3.8, 4) is 0 Å². The second kappa shape index (κ2) is 8.81. The summed E-state index contributed by atoms with van der Waals surface area (Å²) in [6.45, 7) is 0.922. The third kappa shape index (κ3) is 5.05. The summed E-state index contributed by atoms with van der Waals surface area (Å²) in [4.78, 5) is 23.6. The SMILES string of the molecule is O=C(CCC1CCCO1)NCC(Cc1ccc2ccccc2c1)C(=O)O. The van der Waals surface area contributed by atoms with Crippen LogP contribution in [0, 0.1) is 5.92 Å². The summed E-state index contributed by atoms with van der Waals surface area (Å²) < 4.78 is 5.51. The fourth-order valence-corrected chi connectivity index (χ4v) is 3.39. The Morgan fingerprint density at radius 2 is 2.00 bits per heavy atom. The van der Waals surface area contributed by atoms with Gasteiger partial charge in [0.1, 0.15) is 0 Å². The Bertz CT molecular complexity index is 767. The third-order valence-electron chi connectivity index (χ3n) is 4.91. The first-order valence-electron chi connectivity index (χ1n) is 9.20. The maximum atomic E-state index is 12.0. The average Bonchev–Trinajstić information content (AvgIpc) is 3.16. The van der Waals surface area contributed by atoms with Crippen LogP contribution < -0.4 is 5.32 Å². The van der Waals surface area contributed by atoms with Crippen molar-refractivity contribution in [2.45, 2.75) is 38.2 Å². The lowest BCUT2D eigenvalue weighted by molar-refractivity contribution is -0.141. The fourth-order valence-electron chi connectivity index (χ4n) is 3.39. The minimum atomic E-state index is -0.891. The zero-order valence-electron chi connectivity index (χ0n) is 14.8. The highest BCUT2D eigenvalue weighted by Crippen LogP contribution is 2.19. The molecule has 5 nitrogen and oxygen atoms in total. The minimum Gasteiger partial charge on any atom is -0.481 e. The summed E-state index contributed by atoms with van der Waals surface area (Å²) in [5.74, 6) is -1.63. The first kappa shape index (κ1) is 18.4. The lowest BCUT2D eigenvalue weighted by atomic mass is 9.97. The molecule has 0 bridgehead atoms. The number of hydrogen-bond acceptors (Lipinski definition) is 3. The molecule has 1 aliphatic heterocycles. The number of benzene rings is 2. The summed E-state index contributed by atoms with van der Waals surface area (Å²) in [7, 11) is 0. The van der Waals surface area contributed by atoms with Gasteiger partial charge in [0.2, 0.25) is 5.91 Å². The van der Waals surface area contributed by atoms with Crippen molar-refractivity contribution in [2.24, 2.45) is 5.92 Å². The maximum Gasteiger partial charge on any atom is 0.308 e. The van der Waals surface area contributed by atoms with Gasteiger partial charge < -0.3 is 15.2 Å². The molecule has 2 aromatic carbocycles. The summed E-state index contributed by atoms with van der Waals surface area (Å²) >= 11 is 0. The monoisotopic (exact) mass is 355 g/mol. The largest absolute Gasteiger partial charge is 0.481 e. The van der Waals surface area contributed by atoms with Crippen molar-refractivity contribution in [1.82, 2.24) is 5.32 Å². The van der Waals surface area contributed by atoms with Gasteiger partial charge in [0, 0.05) is 19.6 Å². The van der Waals surface area contributed by atoms with Crippen LogP contribution in [0.1, 0.15) is 31.2 Å². The van der Waals surface area contributed by atoms with E-state index in [4.69, 9.17) is 4.74 Å². The highest BCUT2D eigenvalue weighted by Gasteiger charge is 2.20. The van der Waals surface area contributed by atoms with Crippen LogP contribution in [-0.2, 0) is 20.7 Å². The summed E-state index contributed by atoms with van der Waals surface area (Å²) in [6.07, 6.45) is 3.72. The number of carbonyl (C=O) groups excluding carboxylic acids is 1. The molecule has 0 saturated carbocycles. The standard InChI is InChI=1S/C21H25NO4/c23-20(10-9-19-6-3-11-26-19)22-14-18(21(24)25)13-15-7-8-16-4-1-2-5-17(16)12-15/h1-2,4-5,7-8,12,18-19H,3,6,9-11,13-14H2,(H,22,23)(H,24,25). The van der Waals surface area contributed by atoms with Crippen molar-refractivity contribution >= 4 is 22.6 Å². The van der Waals surface area contributed by atoms with Crippen LogP contribution in [0.4, 0.5) is 0 Å². The zero-order valence-corrected chi connectivity index (χ0v) is 14.8. The molecule has 1 saturated heterocycles. The molecule has 1 amide bonds. The lowest BCUT2D eigenvalue weighted by Crippen LogP contribution is -2.34. The van der Waals surface area contributed by atoms with E-state index in [9.17, 15) is 14.7 Å². The maximum absolute atomic E-state index is 12.0. The van der Waals surface area contributed by atoms with E-state index in [-0.39, 0.29) is 18.6 Å². The highest BCUT2D eigenvalue weighted by molar-refractivity contribution is 5.83. The molecular weight excluding hydrogens is 330 g/mol. The molecule has 0 radical (unpaired) electrons. The molecule has 3 rings (SSSR count). The van der Waals surface area contributed by atoms with Gasteiger partial charge in [-0.25, -0.2) is 0 Å². The van der Waals surface area contributed by atoms with E-state index >= 15 is 0 Å². The van der Waals surface area contributed by atoms with Crippen LogP contribution >= 0.6 is 0 Å². The number of amides is 1. The number of carboxylic acid groups (broad SMARTS) is 1. The molecule has 0 aromatic heterocycles. The molecular formula is C21H25NO4. The highest BCUT2D eigenvalue weighted by atomic mass is 16.5. The molecule has 1 fully saturated rings. The van der Waals surface area contributed by atoms with Gasteiger partial charge in [-0.15, -0.1) is 0 Å². The Balaban J connectivity index is 1.52. The van der Waals surface area contributed by atoms with Gasteiger partial charge in [0.05, 0.1) is 12.0 Å². The molecule has 26 heavy (non-hydrogen) atoms. The van der Waals surface area contributed by atoms with Crippen molar-refractivity contribution in [3.05, 3.63) is 48.0 Å². The van der Waals surface area contributed by atoms with Gasteiger partial charge >= 0.3 is 5.97 Å². The van der Waals surface area contributed by atoms with E-state index in [0.29, 0.717) is 19.3 Å². The van der Waals surface area contributed by atoms with Gasteiger partial charge in [-0.1, -0.05) is 42.5 Å². The molecule has 1 heterocycles. The number of carbonyl (C=O) groups is 2. The topological polar surface area (TPSA) is 75.6 Å². The van der Waals surface area contributed by atoms with Crippen molar-refractivity contribution < 1.29 is 19.4 Å². The number of carboxylic acids is 1. The Hall–Kier alpha value is -2.40. The van der Waals surface area contributed by atoms with Gasteiger partial charge in [0.25, 0.3) is 0 Å². The van der Waals surface area contributed by atoms with E-state index in [1.165, 1.54) is 0 Å². The Labute approximate surface area is 153 Å².